The van der Waals surface area contributed by atoms with E-state index in [0.717, 1.165) is 55.3 Å². The average molecular weight is 438 g/mol. The van der Waals surface area contributed by atoms with Crippen LogP contribution in [0.2, 0.25) is 0 Å². The van der Waals surface area contributed by atoms with Gasteiger partial charge in [0.1, 0.15) is 5.00 Å². The highest BCUT2D eigenvalue weighted by molar-refractivity contribution is 7.20. The van der Waals surface area contributed by atoms with Gasteiger partial charge in [-0.15, -0.1) is 0 Å². The number of carbonyl (C=O) groups excluding carboxylic acids is 2. The van der Waals surface area contributed by atoms with Gasteiger partial charge >= 0.3 is 0 Å². The summed E-state index contributed by atoms with van der Waals surface area (Å²) in [5.41, 5.74) is 7.88. The summed E-state index contributed by atoms with van der Waals surface area (Å²) in [6.07, 6.45) is 3.28. The third-order valence-corrected chi connectivity index (χ3v) is 5.74. The van der Waals surface area contributed by atoms with Crippen LogP contribution in [-0.4, -0.2) is 52.9 Å². The molecule has 3 heterocycles. The van der Waals surface area contributed by atoms with Gasteiger partial charge in [0.05, 0.1) is 0 Å². The maximum Gasteiger partial charge on any atom is 0.270 e. The Morgan fingerprint density at radius 2 is 1.81 bits per heavy atom. The Kier molecular flexibility index (Phi) is 6.51. The fourth-order valence-electron chi connectivity index (χ4n) is 3.25. The smallest absolute Gasteiger partial charge is 0.270 e. The van der Waals surface area contributed by atoms with E-state index in [1.54, 1.807) is 36.7 Å². The summed E-state index contributed by atoms with van der Waals surface area (Å²) in [6, 6.07) is 11.0. The summed E-state index contributed by atoms with van der Waals surface area (Å²) < 4.78 is 0. The average Bonchev–Trinajstić information content (AvgIpc) is 3.18. The Balaban J connectivity index is 1.44. The number of nitrogens with two attached hydrogens (primary N) is 1. The summed E-state index contributed by atoms with van der Waals surface area (Å²) in [5, 5.41) is 9.93. The second-order valence-electron chi connectivity index (χ2n) is 7.10. The van der Waals surface area contributed by atoms with Gasteiger partial charge in [-0.05, 0) is 29.8 Å². The molecule has 3 aromatic rings. The number of benzene rings is 1. The summed E-state index contributed by atoms with van der Waals surface area (Å²) in [6.45, 7) is 4.87. The van der Waals surface area contributed by atoms with Gasteiger partial charge in [-0.25, -0.2) is 4.98 Å². The monoisotopic (exact) mass is 437 g/mol. The van der Waals surface area contributed by atoms with E-state index >= 15 is 0 Å². The standard InChI is InChI=1S/C21H23N7O2S/c22-18(29)17-20(31-21(26-17)25-16-5-7-23-8-6-16)27-19(30)15-3-1-14(2-4-15)13-28-11-9-24-10-12-28/h1-8,24H,9-13H2,(H2,22,29)(H,27,30)(H,23,25,26). The van der Waals surface area contributed by atoms with Gasteiger partial charge < -0.3 is 21.7 Å². The predicted molar refractivity (Wildman–Crippen MR) is 121 cm³/mol. The Hall–Kier alpha value is -3.34. The number of hydrogen-bond acceptors (Lipinski definition) is 8. The molecule has 1 saturated heterocycles. The molecule has 2 amide bonds. The van der Waals surface area contributed by atoms with Crippen molar-refractivity contribution in [3.05, 3.63) is 65.6 Å². The highest BCUT2D eigenvalue weighted by Crippen LogP contribution is 2.30. The Morgan fingerprint density at radius 1 is 1.10 bits per heavy atom. The molecular formula is C21H23N7O2S. The van der Waals surface area contributed by atoms with Gasteiger partial charge in [0, 0.05) is 56.4 Å². The molecule has 160 valence electrons. The molecule has 1 aliphatic heterocycles. The predicted octanol–water partition coefficient (Wildman–Crippen LogP) is 2.04. The maximum atomic E-state index is 12.7. The normalized spacial score (nSPS) is 14.2. The van der Waals surface area contributed by atoms with E-state index in [-0.39, 0.29) is 11.6 Å². The van der Waals surface area contributed by atoms with Gasteiger partial charge in [-0.2, -0.15) is 0 Å². The molecular weight excluding hydrogens is 414 g/mol. The van der Waals surface area contributed by atoms with Crippen LogP contribution in [0.1, 0.15) is 26.4 Å². The zero-order chi connectivity index (χ0) is 21.6. The largest absolute Gasteiger partial charge is 0.364 e. The lowest BCUT2D eigenvalue weighted by Crippen LogP contribution is -2.42. The molecule has 1 aromatic carbocycles. The van der Waals surface area contributed by atoms with Crippen LogP contribution in [0.5, 0.6) is 0 Å². The minimum Gasteiger partial charge on any atom is -0.364 e. The van der Waals surface area contributed by atoms with E-state index in [4.69, 9.17) is 5.73 Å². The molecule has 0 aliphatic carbocycles. The molecule has 0 spiro atoms. The van der Waals surface area contributed by atoms with Crippen molar-refractivity contribution < 1.29 is 9.59 Å². The van der Waals surface area contributed by atoms with Crippen LogP contribution in [0.25, 0.3) is 0 Å². The second-order valence-corrected chi connectivity index (χ2v) is 8.10. The van der Waals surface area contributed by atoms with Crippen molar-refractivity contribution in [2.75, 3.05) is 36.8 Å². The van der Waals surface area contributed by atoms with Crippen LogP contribution in [0.3, 0.4) is 0 Å². The lowest BCUT2D eigenvalue weighted by atomic mass is 10.1. The fraction of sp³-hybridized carbons (Fsp3) is 0.238. The summed E-state index contributed by atoms with van der Waals surface area (Å²) >= 11 is 1.14. The first-order valence-corrected chi connectivity index (χ1v) is 10.7. The van der Waals surface area contributed by atoms with Crippen LogP contribution in [0, 0.1) is 0 Å². The van der Waals surface area contributed by atoms with Gasteiger partial charge in [-0.3, -0.25) is 19.5 Å². The first kappa shape index (κ1) is 20.9. The molecule has 5 N–H and O–H groups in total. The fourth-order valence-corrected chi connectivity index (χ4v) is 4.13. The molecule has 0 atom stereocenters. The summed E-state index contributed by atoms with van der Waals surface area (Å²) in [4.78, 5) is 35.1. The third kappa shape index (κ3) is 5.43. The van der Waals surface area contributed by atoms with E-state index in [9.17, 15) is 9.59 Å². The second kappa shape index (κ2) is 9.65. The van der Waals surface area contributed by atoms with Crippen molar-refractivity contribution in [3.63, 3.8) is 0 Å². The molecule has 1 aliphatic rings. The van der Waals surface area contributed by atoms with Crippen molar-refractivity contribution in [1.82, 2.24) is 20.2 Å². The van der Waals surface area contributed by atoms with Crippen LogP contribution in [0.15, 0.2) is 48.8 Å². The Morgan fingerprint density at radius 3 is 2.48 bits per heavy atom. The van der Waals surface area contributed by atoms with E-state index in [2.05, 4.69) is 30.8 Å². The molecule has 2 aromatic heterocycles. The van der Waals surface area contributed by atoms with Crippen molar-refractivity contribution >= 4 is 39.0 Å². The molecule has 31 heavy (non-hydrogen) atoms. The highest BCUT2D eigenvalue weighted by atomic mass is 32.1. The Bertz CT molecular complexity index is 1050. The number of anilines is 3. The number of nitrogens with zero attached hydrogens (tertiary/aromatic N) is 3. The Labute approximate surface area is 183 Å². The molecule has 0 radical (unpaired) electrons. The van der Waals surface area contributed by atoms with Crippen LogP contribution < -0.4 is 21.7 Å². The number of rotatable bonds is 7. The van der Waals surface area contributed by atoms with Crippen LogP contribution in [0.4, 0.5) is 15.8 Å². The van der Waals surface area contributed by atoms with Crippen LogP contribution in [-0.2, 0) is 6.54 Å². The first-order valence-electron chi connectivity index (χ1n) is 9.89. The minimum absolute atomic E-state index is 0.0187. The third-order valence-electron chi connectivity index (χ3n) is 4.85. The number of hydrogen-bond donors (Lipinski definition) is 4. The number of pyridine rings is 1. The van der Waals surface area contributed by atoms with E-state index in [1.165, 1.54) is 0 Å². The van der Waals surface area contributed by atoms with E-state index < -0.39 is 5.91 Å². The van der Waals surface area contributed by atoms with E-state index in [1.807, 2.05) is 12.1 Å². The number of aromatic nitrogens is 2. The zero-order valence-electron chi connectivity index (χ0n) is 16.8. The summed E-state index contributed by atoms with van der Waals surface area (Å²) in [7, 11) is 0. The number of primary amides is 1. The summed E-state index contributed by atoms with van der Waals surface area (Å²) in [5.74, 6) is -1.03. The molecule has 0 bridgehead atoms. The van der Waals surface area contributed by atoms with E-state index in [0.29, 0.717) is 15.7 Å². The lowest BCUT2D eigenvalue weighted by molar-refractivity contribution is 0.0997. The molecule has 10 heteroatoms. The van der Waals surface area contributed by atoms with Gasteiger partial charge in [0.15, 0.2) is 10.8 Å². The van der Waals surface area contributed by atoms with Gasteiger partial charge in [0.2, 0.25) is 0 Å². The molecule has 1 fully saturated rings. The SMILES string of the molecule is NC(=O)c1nc(Nc2ccncc2)sc1NC(=O)c1ccc(CN2CCNCC2)cc1. The molecule has 0 unspecified atom stereocenters. The lowest BCUT2D eigenvalue weighted by Gasteiger charge is -2.27. The van der Waals surface area contributed by atoms with Crippen molar-refractivity contribution in [3.8, 4) is 0 Å². The van der Waals surface area contributed by atoms with Crippen molar-refractivity contribution in [2.24, 2.45) is 5.73 Å². The number of thiazole rings is 1. The van der Waals surface area contributed by atoms with Gasteiger partial charge in [-0.1, -0.05) is 23.5 Å². The number of carbonyl (C=O) groups is 2. The zero-order valence-corrected chi connectivity index (χ0v) is 17.6. The minimum atomic E-state index is -0.708. The number of amides is 2. The number of piperazine rings is 1. The molecule has 0 saturated carbocycles. The molecule has 9 nitrogen and oxygen atoms in total. The quantitative estimate of drug-likeness (QED) is 0.446. The van der Waals surface area contributed by atoms with Gasteiger partial charge in [0.25, 0.3) is 11.8 Å². The van der Waals surface area contributed by atoms with Crippen molar-refractivity contribution in [2.45, 2.75) is 6.54 Å². The maximum absolute atomic E-state index is 12.7. The topological polar surface area (TPSA) is 125 Å². The highest BCUT2D eigenvalue weighted by Gasteiger charge is 2.19. The van der Waals surface area contributed by atoms with Crippen molar-refractivity contribution in [1.29, 1.82) is 0 Å². The molecule has 4 rings (SSSR count). The first-order chi connectivity index (χ1) is 15.1. The number of nitrogens with one attached hydrogen (secondary N) is 3. The van der Waals surface area contributed by atoms with Crippen LogP contribution >= 0.6 is 11.3 Å².